The molecular weight excluding hydrogens is 464 g/mol. The third-order valence-corrected chi connectivity index (χ3v) is 6.06. The Hall–Kier alpha value is -2.97. The number of nitrogens with zero attached hydrogens (tertiary/aromatic N) is 1. The maximum absolute atomic E-state index is 12.8. The smallest absolute Gasteiger partial charge is 0.294 e. The van der Waals surface area contributed by atoms with Gasteiger partial charge in [0.1, 0.15) is 6.54 Å². The van der Waals surface area contributed by atoms with Crippen LogP contribution in [-0.2, 0) is 9.59 Å². The van der Waals surface area contributed by atoms with Crippen molar-refractivity contribution in [1.82, 2.24) is 4.90 Å². The Labute approximate surface area is 202 Å². The first-order valence-electron chi connectivity index (χ1n) is 10.3. The van der Waals surface area contributed by atoms with E-state index in [4.69, 9.17) is 21.1 Å². The van der Waals surface area contributed by atoms with Gasteiger partial charge in [-0.25, -0.2) is 0 Å². The van der Waals surface area contributed by atoms with Crippen molar-refractivity contribution in [1.29, 1.82) is 0 Å². The number of thioether (sulfide) groups is 1. The van der Waals surface area contributed by atoms with E-state index < -0.39 is 17.1 Å². The highest BCUT2D eigenvalue weighted by molar-refractivity contribution is 8.18. The molecule has 2 aromatic rings. The van der Waals surface area contributed by atoms with E-state index in [0.717, 1.165) is 27.8 Å². The van der Waals surface area contributed by atoms with Crippen LogP contribution in [0.5, 0.6) is 11.5 Å². The number of ether oxygens (including phenoxy) is 2. The number of hydrogen-bond acceptors (Lipinski definition) is 6. The lowest BCUT2D eigenvalue weighted by atomic mass is 10.1. The first-order valence-corrected chi connectivity index (χ1v) is 11.4. The zero-order valence-corrected chi connectivity index (χ0v) is 20.6. The van der Waals surface area contributed by atoms with Crippen molar-refractivity contribution in [2.24, 2.45) is 0 Å². The molecule has 0 unspecified atom stereocenters. The predicted octanol–water partition coefficient (Wildman–Crippen LogP) is 5.43. The van der Waals surface area contributed by atoms with Gasteiger partial charge in [-0.15, -0.1) is 0 Å². The van der Waals surface area contributed by atoms with Gasteiger partial charge in [0.05, 0.1) is 23.1 Å². The largest absolute Gasteiger partial charge is 0.493 e. The average Bonchev–Trinajstić information content (AvgIpc) is 2.99. The molecule has 3 rings (SSSR count). The molecule has 1 saturated heterocycles. The molecule has 3 amide bonds. The number of carbonyl (C=O) groups is 3. The molecule has 1 heterocycles. The molecule has 33 heavy (non-hydrogen) atoms. The molecule has 1 aliphatic heterocycles. The second-order valence-electron chi connectivity index (χ2n) is 7.82. The lowest BCUT2D eigenvalue weighted by molar-refractivity contribution is -0.127. The van der Waals surface area contributed by atoms with Crippen LogP contribution in [0.4, 0.5) is 10.5 Å². The molecule has 0 aliphatic carbocycles. The molecule has 1 fully saturated rings. The minimum atomic E-state index is -0.544. The minimum absolute atomic E-state index is 0.103. The van der Waals surface area contributed by atoms with E-state index in [2.05, 4.69) is 5.32 Å². The van der Waals surface area contributed by atoms with Gasteiger partial charge in [0.15, 0.2) is 11.5 Å². The van der Waals surface area contributed by atoms with E-state index in [1.807, 2.05) is 39.8 Å². The van der Waals surface area contributed by atoms with Gasteiger partial charge < -0.3 is 14.8 Å². The molecule has 9 heteroatoms. The Morgan fingerprint density at radius 2 is 1.91 bits per heavy atom. The van der Waals surface area contributed by atoms with Crippen LogP contribution >= 0.6 is 23.4 Å². The van der Waals surface area contributed by atoms with Crippen LogP contribution < -0.4 is 14.8 Å². The number of halogens is 1. The van der Waals surface area contributed by atoms with Crippen LogP contribution in [0, 0.1) is 13.8 Å². The number of aryl methyl sites for hydroxylation is 2. The summed E-state index contributed by atoms with van der Waals surface area (Å²) < 4.78 is 11.1. The fourth-order valence-corrected chi connectivity index (χ4v) is 4.23. The highest BCUT2D eigenvalue weighted by atomic mass is 35.5. The number of anilines is 1. The molecule has 1 aliphatic rings. The number of amides is 3. The summed E-state index contributed by atoms with van der Waals surface area (Å²) in [6.07, 6.45) is 1.44. The summed E-state index contributed by atoms with van der Waals surface area (Å²) in [6.45, 7) is 7.28. The van der Waals surface area contributed by atoms with Crippen molar-refractivity contribution < 1.29 is 23.9 Å². The van der Waals surface area contributed by atoms with Gasteiger partial charge in [-0.1, -0.05) is 17.7 Å². The van der Waals surface area contributed by atoms with Crippen molar-refractivity contribution in [3.63, 3.8) is 0 Å². The molecule has 0 aromatic heterocycles. The van der Waals surface area contributed by atoms with Gasteiger partial charge in [0, 0.05) is 5.69 Å². The molecule has 0 bridgehead atoms. The van der Waals surface area contributed by atoms with Crippen molar-refractivity contribution in [3.8, 4) is 11.5 Å². The standard InChI is InChI=1S/C24H25ClN2O5S/c1-13(2)32-22-18(25)9-16(10-19(22)31-5)11-20-23(29)27(24(30)33-20)12-21(28)26-17-7-6-14(3)15(4)8-17/h6-11,13H,12H2,1-5H3,(H,26,28)/b20-11+. The van der Waals surface area contributed by atoms with Crippen LogP contribution in [0.1, 0.15) is 30.5 Å². The van der Waals surface area contributed by atoms with Crippen LogP contribution in [-0.4, -0.2) is 41.7 Å². The number of nitrogens with one attached hydrogen (secondary N) is 1. The summed E-state index contributed by atoms with van der Waals surface area (Å²) in [5.74, 6) is -0.184. The fourth-order valence-electron chi connectivity index (χ4n) is 3.12. The number of imide groups is 1. The van der Waals surface area contributed by atoms with Crippen LogP contribution in [0.15, 0.2) is 35.2 Å². The normalized spacial score (nSPS) is 14.9. The lowest BCUT2D eigenvalue weighted by Crippen LogP contribution is -2.36. The number of hydrogen-bond donors (Lipinski definition) is 1. The predicted molar refractivity (Wildman–Crippen MR) is 131 cm³/mol. The second-order valence-corrected chi connectivity index (χ2v) is 9.22. The third-order valence-electron chi connectivity index (χ3n) is 4.87. The lowest BCUT2D eigenvalue weighted by Gasteiger charge is -2.15. The van der Waals surface area contributed by atoms with Gasteiger partial charge in [-0.2, -0.15) is 0 Å². The molecule has 0 spiro atoms. The van der Waals surface area contributed by atoms with Gasteiger partial charge in [0.2, 0.25) is 5.91 Å². The second kappa shape index (κ2) is 10.3. The Morgan fingerprint density at radius 1 is 1.18 bits per heavy atom. The number of benzene rings is 2. The van der Waals surface area contributed by atoms with Crippen LogP contribution in [0.25, 0.3) is 6.08 Å². The SMILES string of the molecule is COc1cc(/C=C2/SC(=O)N(CC(=O)Nc3ccc(C)c(C)c3)C2=O)cc(Cl)c1OC(C)C. The summed E-state index contributed by atoms with van der Waals surface area (Å²) in [6, 6.07) is 8.80. The maximum Gasteiger partial charge on any atom is 0.294 e. The van der Waals surface area contributed by atoms with E-state index in [1.165, 1.54) is 7.11 Å². The molecule has 174 valence electrons. The monoisotopic (exact) mass is 488 g/mol. The average molecular weight is 489 g/mol. The Bertz CT molecular complexity index is 1150. The summed E-state index contributed by atoms with van der Waals surface area (Å²) in [4.78, 5) is 38.8. The molecule has 0 radical (unpaired) electrons. The Balaban J connectivity index is 1.76. The fraction of sp³-hybridized carbons (Fsp3) is 0.292. The van der Waals surface area contributed by atoms with Crippen LogP contribution in [0.3, 0.4) is 0 Å². The molecule has 2 aromatic carbocycles. The van der Waals surface area contributed by atoms with E-state index in [1.54, 1.807) is 24.3 Å². The van der Waals surface area contributed by atoms with Gasteiger partial charge in [0.25, 0.3) is 11.1 Å². The summed E-state index contributed by atoms with van der Waals surface area (Å²) >= 11 is 7.11. The molecule has 0 saturated carbocycles. The van der Waals surface area contributed by atoms with E-state index in [0.29, 0.717) is 27.8 Å². The number of methoxy groups -OCH3 is 1. The van der Waals surface area contributed by atoms with Crippen LogP contribution in [0.2, 0.25) is 5.02 Å². The molecular formula is C24H25ClN2O5S. The minimum Gasteiger partial charge on any atom is -0.493 e. The maximum atomic E-state index is 12.8. The van der Waals surface area contributed by atoms with E-state index in [-0.39, 0.29) is 17.6 Å². The molecule has 1 N–H and O–H groups in total. The number of rotatable bonds is 7. The number of carbonyl (C=O) groups excluding carboxylic acids is 3. The molecule has 7 nitrogen and oxygen atoms in total. The van der Waals surface area contributed by atoms with Gasteiger partial charge >= 0.3 is 0 Å². The van der Waals surface area contributed by atoms with Crippen molar-refractivity contribution >= 4 is 52.2 Å². The van der Waals surface area contributed by atoms with Crippen molar-refractivity contribution in [3.05, 3.63) is 56.9 Å². The topological polar surface area (TPSA) is 84.9 Å². The zero-order chi connectivity index (χ0) is 24.3. The quantitative estimate of drug-likeness (QED) is 0.523. The Morgan fingerprint density at radius 3 is 2.55 bits per heavy atom. The summed E-state index contributed by atoms with van der Waals surface area (Å²) in [5.41, 5.74) is 3.31. The van der Waals surface area contributed by atoms with Gasteiger partial charge in [-0.05, 0) is 86.5 Å². The summed E-state index contributed by atoms with van der Waals surface area (Å²) in [7, 11) is 1.49. The summed E-state index contributed by atoms with van der Waals surface area (Å²) in [5, 5.41) is 2.53. The van der Waals surface area contributed by atoms with Gasteiger partial charge in [-0.3, -0.25) is 19.3 Å². The van der Waals surface area contributed by atoms with E-state index >= 15 is 0 Å². The van der Waals surface area contributed by atoms with E-state index in [9.17, 15) is 14.4 Å². The van der Waals surface area contributed by atoms with Crippen molar-refractivity contribution in [2.75, 3.05) is 19.0 Å². The third kappa shape index (κ3) is 5.89. The zero-order valence-electron chi connectivity index (χ0n) is 19.0. The van der Waals surface area contributed by atoms with Crippen molar-refractivity contribution in [2.45, 2.75) is 33.8 Å². The molecule has 0 atom stereocenters. The first kappa shape index (κ1) is 24.7. The Kier molecular flexibility index (Phi) is 7.71. The highest BCUT2D eigenvalue weighted by Crippen LogP contribution is 2.39. The highest BCUT2D eigenvalue weighted by Gasteiger charge is 2.36. The first-order chi connectivity index (χ1) is 15.6.